The van der Waals surface area contributed by atoms with Crippen LogP contribution in [0.2, 0.25) is 0 Å². The Labute approximate surface area is 120 Å². The van der Waals surface area contributed by atoms with Crippen molar-refractivity contribution in [1.29, 1.82) is 0 Å². The maximum Gasteiger partial charge on any atom is 0.317 e. The van der Waals surface area contributed by atoms with E-state index in [9.17, 15) is 9.59 Å². The van der Waals surface area contributed by atoms with Gasteiger partial charge < -0.3 is 20.9 Å². The van der Waals surface area contributed by atoms with Crippen molar-refractivity contribution in [2.75, 3.05) is 26.2 Å². The van der Waals surface area contributed by atoms with Gasteiger partial charge in [-0.3, -0.25) is 4.79 Å². The van der Waals surface area contributed by atoms with E-state index in [1.165, 1.54) is 0 Å². The first-order valence-corrected chi connectivity index (χ1v) is 7.58. The minimum absolute atomic E-state index is 0.0319. The molecule has 2 saturated heterocycles. The minimum Gasteiger partial charge on any atom is -0.341 e. The number of nitrogens with two attached hydrogens (primary N) is 1. The average Bonchev–Trinajstić information content (AvgIpc) is 2.84. The third kappa shape index (κ3) is 3.06. The van der Waals surface area contributed by atoms with Gasteiger partial charge in [-0.2, -0.15) is 0 Å². The first-order chi connectivity index (χ1) is 9.45. The zero-order valence-electron chi connectivity index (χ0n) is 12.5. The fraction of sp³-hybridized carbons (Fsp3) is 0.857. The largest absolute Gasteiger partial charge is 0.341 e. The number of likely N-dealkylation sites (tertiary alicyclic amines) is 1. The van der Waals surface area contributed by atoms with Gasteiger partial charge >= 0.3 is 6.03 Å². The number of carbonyl (C=O) groups excluding carboxylic acids is 2. The molecule has 0 spiro atoms. The molecule has 0 aromatic heterocycles. The van der Waals surface area contributed by atoms with E-state index in [0.717, 1.165) is 32.4 Å². The van der Waals surface area contributed by atoms with Crippen molar-refractivity contribution in [1.82, 2.24) is 15.1 Å². The van der Waals surface area contributed by atoms with Gasteiger partial charge in [0, 0.05) is 32.2 Å². The van der Waals surface area contributed by atoms with E-state index >= 15 is 0 Å². The number of piperidine rings is 1. The molecule has 2 aliphatic heterocycles. The number of hydrogen-bond acceptors (Lipinski definition) is 3. The maximum absolute atomic E-state index is 12.4. The summed E-state index contributed by atoms with van der Waals surface area (Å²) in [6, 6.07) is 0.293. The van der Waals surface area contributed by atoms with Crippen molar-refractivity contribution in [3.63, 3.8) is 0 Å². The normalized spacial score (nSPS) is 23.6. The van der Waals surface area contributed by atoms with Crippen molar-refractivity contribution >= 4 is 11.9 Å². The number of amides is 3. The van der Waals surface area contributed by atoms with Crippen molar-refractivity contribution in [3.8, 4) is 0 Å². The van der Waals surface area contributed by atoms with Crippen molar-refractivity contribution in [3.05, 3.63) is 0 Å². The van der Waals surface area contributed by atoms with Crippen LogP contribution in [0.25, 0.3) is 0 Å². The van der Waals surface area contributed by atoms with Gasteiger partial charge in [0.15, 0.2) is 0 Å². The molecule has 6 heteroatoms. The lowest BCUT2D eigenvalue weighted by atomic mass is 9.93. The molecule has 3 amide bonds. The second kappa shape index (κ2) is 5.99. The Bertz CT molecular complexity index is 375. The first kappa shape index (κ1) is 15.1. The summed E-state index contributed by atoms with van der Waals surface area (Å²) in [6.07, 6.45) is 3.31. The Morgan fingerprint density at radius 3 is 2.55 bits per heavy atom. The average molecular weight is 282 g/mol. The summed E-state index contributed by atoms with van der Waals surface area (Å²) >= 11 is 0. The van der Waals surface area contributed by atoms with E-state index in [1.54, 1.807) is 0 Å². The van der Waals surface area contributed by atoms with Gasteiger partial charge in [0.05, 0.1) is 5.54 Å². The Morgan fingerprint density at radius 1 is 1.40 bits per heavy atom. The molecule has 2 fully saturated rings. The zero-order valence-corrected chi connectivity index (χ0v) is 12.5. The van der Waals surface area contributed by atoms with E-state index in [1.807, 2.05) is 23.6 Å². The summed E-state index contributed by atoms with van der Waals surface area (Å²) < 4.78 is 0. The zero-order chi connectivity index (χ0) is 14.8. The second-order valence-electron chi connectivity index (χ2n) is 6.12. The van der Waals surface area contributed by atoms with E-state index in [0.29, 0.717) is 19.5 Å². The fourth-order valence-electron chi connectivity index (χ4n) is 3.20. The number of urea groups is 1. The Hall–Kier alpha value is -1.30. The highest BCUT2D eigenvalue weighted by molar-refractivity contribution is 5.85. The van der Waals surface area contributed by atoms with Crippen LogP contribution in [-0.4, -0.2) is 59.5 Å². The molecule has 3 N–H and O–H groups in total. The lowest BCUT2D eigenvalue weighted by molar-refractivity contribution is -0.138. The van der Waals surface area contributed by atoms with Gasteiger partial charge in [-0.15, -0.1) is 0 Å². The summed E-state index contributed by atoms with van der Waals surface area (Å²) in [7, 11) is 0. The smallest absolute Gasteiger partial charge is 0.317 e. The van der Waals surface area contributed by atoms with Crippen LogP contribution in [0.5, 0.6) is 0 Å². The van der Waals surface area contributed by atoms with Crippen molar-refractivity contribution in [2.24, 2.45) is 5.73 Å². The Kier molecular flexibility index (Phi) is 4.52. The monoisotopic (exact) mass is 282 g/mol. The molecule has 0 aromatic carbocycles. The van der Waals surface area contributed by atoms with Gasteiger partial charge in [0.1, 0.15) is 0 Å². The minimum atomic E-state index is -0.757. The summed E-state index contributed by atoms with van der Waals surface area (Å²) in [4.78, 5) is 27.8. The van der Waals surface area contributed by atoms with Crippen LogP contribution in [0.1, 0.15) is 39.5 Å². The van der Waals surface area contributed by atoms with Crippen LogP contribution in [0.3, 0.4) is 0 Å². The summed E-state index contributed by atoms with van der Waals surface area (Å²) in [5.41, 5.74) is 5.36. The molecule has 2 rings (SSSR count). The highest BCUT2D eigenvalue weighted by Gasteiger charge is 2.36. The molecule has 114 valence electrons. The summed E-state index contributed by atoms with van der Waals surface area (Å²) in [5.74, 6) is 0.0451. The van der Waals surface area contributed by atoms with E-state index in [-0.39, 0.29) is 18.0 Å². The highest BCUT2D eigenvalue weighted by atomic mass is 16.2. The van der Waals surface area contributed by atoms with Gasteiger partial charge in [0.2, 0.25) is 5.91 Å². The molecule has 20 heavy (non-hydrogen) atoms. The van der Waals surface area contributed by atoms with E-state index < -0.39 is 5.54 Å². The van der Waals surface area contributed by atoms with E-state index in [4.69, 9.17) is 5.73 Å². The van der Waals surface area contributed by atoms with Crippen LogP contribution in [-0.2, 0) is 4.79 Å². The van der Waals surface area contributed by atoms with Crippen LogP contribution in [0.15, 0.2) is 0 Å². The maximum atomic E-state index is 12.4. The van der Waals surface area contributed by atoms with Gasteiger partial charge in [-0.1, -0.05) is 13.3 Å². The molecular weight excluding hydrogens is 256 g/mol. The molecule has 2 aliphatic rings. The Morgan fingerprint density at radius 2 is 2.05 bits per heavy atom. The number of hydrogen-bond donors (Lipinski definition) is 2. The molecule has 2 heterocycles. The molecule has 0 bridgehead atoms. The Balaban J connectivity index is 1.88. The van der Waals surface area contributed by atoms with Crippen molar-refractivity contribution in [2.45, 2.75) is 51.1 Å². The molecular formula is C14H26N4O2. The van der Waals surface area contributed by atoms with Gasteiger partial charge in [0.25, 0.3) is 0 Å². The predicted octanol–water partition coefficient (Wildman–Crippen LogP) is 0.520. The van der Waals surface area contributed by atoms with Gasteiger partial charge in [-0.05, 0) is 26.2 Å². The number of nitrogens with zero attached hydrogens (tertiary/aromatic N) is 2. The predicted molar refractivity (Wildman–Crippen MR) is 77.2 cm³/mol. The quantitative estimate of drug-likeness (QED) is 0.789. The molecule has 0 radical (unpaired) electrons. The van der Waals surface area contributed by atoms with E-state index in [2.05, 4.69) is 5.32 Å². The van der Waals surface area contributed by atoms with Crippen LogP contribution < -0.4 is 11.1 Å². The number of rotatable bonds is 4. The number of carbonyl (C=O) groups is 2. The van der Waals surface area contributed by atoms with Crippen LogP contribution in [0.4, 0.5) is 4.79 Å². The third-order valence-corrected chi connectivity index (χ3v) is 4.34. The third-order valence-electron chi connectivity index (χ3n) is 4.34. The van der Waals surface area contributed by atoms with Crippen LogP contribution >= 0.6 is 0 Å². The topological polar surface area (TPSA) is 78.7 Å². The molecule has 1 unspecified atom stereocenters. The lowest BCUT2D eigenvalue weighted by Gasteiger charge is -2.39. The van der Waals surface area contributed by atoms with Crippen LogP contribution in [0, 0.1) is 0 Å². The first-order valence-electron chi connectivity index (χ1n) is 7.58. The molecule has 1 atom stereocenters. The molecule has 6 nitrogen and oxygen atoms in total. The lowest BCUT2D eigenvalue weighted by Crippen LogP contribution is -2.56. The number of nitrogens with one attached hydrogen (secondary N) is 1. The highest BCUT2D eigenvalue weighted by Crippen LogP contribution is 2.21. The second-order valence-corrected chi connectivity index (χ2v) is 6.12. The SMILES string of the molecule is CCCC(C)(N)C(=O)N1CCC(N2CCNC2=O)CC1. The molecule has 0 saturated carbocycles. The summed E-state index contributed by atoms with van der Waals surface area (Å²) in [5, 5.41) is 2.83. The van der Waals surface area contributed by atoms with Crippen molar-refractivity contribution < 1.29 is 9.59 Å². The van der Waals surface area contributed by atoms with Gasteiger partial charge in [-0.25, -0.2) is 4.79 Å². The standard InChI is InChI=1S/C14H26N4O2/c1-3-6-14(2,15)12(19)17-8-4-11(5-9-17)18-10-7-16-13(18)20/h11H,3-10,15H2,1-2H3,(H,16,20). The fourth-order valence-corrected chi connectivity index (χ4v) is 3.20. The molecule has 0 aromatic rings. The summed E-state index contributed by atoms with van der Waals surface area (Å²) in [6.45, 7) is 6.76. The molecule has 0 aliphatic carbocycles.